The molecule has 0 spiro atoms. The fourth-order valence-corrected chi connectivity index (χ4v) is 2.61. The molecular weight excluding hydrogens is 318 g/mol. The highest BCUT2D eigenvalue weighted by Crippen LogP contribution is 2.22. The third kappa shape index (κ3) is 3.82. The minimum absolute atomic E-state index is 0.251. The summed E-state index contributed by atoms with van der Waals surface area (Å²) in [5, 5.41) is 9.64. The summed E-state index contributed by atoms with van der Waals surface area (Å²) in [4.78, 5) is 20.7. The van der Waals surface area contributed by atoms with E-state index in [1.54, 1.807) is 13.0 Å². The number of aromatic nitrogens is 3. The van der Waals surface area contributed by atoms with Crippen molar-refractivity contribution < 1.29 is 9.32 Å². The van der Waals surface area contributed by atoms with Gasteiger partial charge in [0, 0.05) is 24.1 Å². The Bertz CT molecular complexity index is 892. The SMILES string of the molecule is Cc1cc(C)c(NC(=O)c2cnc(Nc3cc(C)on3)nc2)c(C)c1. The van der Waals surface area contributed by atoms with Crippen molar-refractivity contribution in [3.05, 3.63) is 58.6 Å². The van der Waals surface area contributed by atoms with Crippen LogP contribution in [0.25, 0.3) is 0 Å². The Balaban J connectivity index is 1.73. The van der Waals surface area contributed by atoms with Crippen molar-refractivity contribution in [3.63, 3.8) is 0 Å². The van der Waals surface area contributed by atoms with Gasteiger partial charge in [0.05, 0.1) is 5.56 Å². The Labute approximate surface area is 145 Å². The van der Waals surface area contributed by atoms with Crippen LogP contribution in [0.4, 0.5) is 17.5 Å². The molecule has 7 heteroatoms. The second-order valence-electron chi connectivity index (χ2n) is 5.97. The largest absolute Gasteiger partial charge is 0.360 e. The van der Waals surface area contributed by atoms with Crippen molar-refractivity contribution in [1.29, 1.82) is 0 Å². The topological polar surface area (TPSA) is 92.9 Å². The molecule has 128 valence electrons. The van der Waals surface area contributed by atoms with Crippen molar-refractivity contribution in [3.8, 4) is 0 Å². The van der Waals surface area contributed by atoms with Crippen LogP contribution in [0.2, 0.25) is 0 Å². The molecule has 2 heterocycles. The zero-order chi connectivity index (χ0) is 18.0. The lowest BCUT2D eigenvalue weighted by molar-refractivity contribution is 0.102. The van der Waals surface area contributed by atoms with Crippen molar-refractivity contribution in [2.24, 2.45) is 0 Å². The summed E-state index contributed by atoms with van der Waals surface area (Å²) < 4.78 is 4.96. The molecule has 0 atom stereocenters. The maximum absolute atomic E-state index is 12.4. The number of carbonyl (C=O) groups is 1. The third-order valence-corrected chi connectivity index (χ3v) is 3.70. The molecule has 0 bridgehead atoms. The zero-order valence-electron chi connectivity index (χ0n) is 14.5. The standard InChI is InChI=1S/C18H19N5O2/c1-10-5-11(2)16(12(3)6-10)22-17(24)14-8-19-18(20-9-14)21-15-7-13(4)25-23-15/h5-9H,1-4H3,(H,22,24)(H,19,20,21,23). The van der Waals surface area contributed by atoms with Gasteiger partial charge in [-0.25, -0.2) is 9.97 Å². The average Bonchev–Trinajstić information content (AvgIpc) is 2.96. The van der Waals surface area contributed by atoms with Crippen LogP contribution < -0.4 is 10.6 Å². The van der Waals surface area contributed by atoms with E-state index in [0.29, 0.717) is 23.1 Å². The van der Waals surface area contributed by atoms with E-state index < -0.39 is 0 Å². The molecule has 2 N–H and O–H groups in total. The van der Waals surface area contributed by atoms with E-state index in [0.717, 1.165) is 22.4 Å². The van der Waals surface area contributed by atoms with Gasteiger partial charge in [0.15, 0.2) is 5.82 Å². The van der Waals surface area contributed by atoms with Crippen LogP contribution in [0, 0.1) is 27.7 Å². The number of hydrogen-bond donors (Lipinski definition) is 2. The molecule has 3 aromatic rings. The average molecular weight is 337 g/mol. The van der Waals surface area contributed by atoms with E-state index >= 15 is 0 Å². The molecule has 0 aliphatic heterocycles. The normalized spacial score (nSPS) is 10.6. The lowest BCUT2D eigenvalue weighted by Crippen LogP contribution is -2.15. The number of nitrogens with one attached hydrogen (secondary N) is 2. The highest BCUT2D eigenvalue weighted by atomic mass is 16.5. The molecule has 0 unspecified atom stereocenters. The van der Waals surface area contributed by atoms with Gasteiger partial charge in [0.1, 0.15) is 5.76 Å². The van der Waals surface area contributed by atoms with Crippen LogP contribution in [0.15, 0.2) is 35.1 Å². The number of carbonyl (C=O) groups excluding carboxylic acids is 1. The molecule has 1 aromatic carbocycles. The van der Waals surface area contributed by atoms with Crippen molar-refractivity contribution >= 4 is 23.4 Å². The number of rotatable bonds is 4. The van der Waals surface area contributed by atoms with Gasteiger partial charge in [-0.05, 0) is 38.8 Å². The van der Waals surface area contributed by atoms with Crippen LogP contribution >= 0.6 is 0 Å². The quantitative estimate of drug-likeness (QED) is 0.754. The molecule has 0 aliphatic rings. The van der Waals surface area contributed by atoms with Crippen molar-refractivity contribution in [2.45, 2.75) is 27.7 Å². The predicted octanol–water partition coefficient (Wildman–Crippen LogP) is 3.69. The lowest BCUT2D eigenvalue weighted by Gasteiger charge is -2.12. The first-order chi connectivity index (χ1) is 11.9. The first-order valence-electron chi connectivity index (χ1n) is 7.84. The Morgan fingerprint density at radius 3 is 2.20 bits per heavy atom. The summed E-state index contributed by atoms with van der Waals surface area (Å²) in [7, 11) is 0. The van der Waals surface area contributed by atoms with Crippen LogP contribution in [0.5, 0.6) is 0 Å². The van der Waals surface area contributed by atoms with E-state index in [4.69, 9.17) is 4.52 Å². The van der Waals surface area contributed by atoms with Gasteiger partial charge in [0.2, 0.25) is 5.95 Å². The smallest absolute Gasteiger partial charge is 0.258 e. The molecular formula is C18H19N5O2. The van der Waals surface area contributed by atoms with E-state index in [1.807, 2.05) is 32.9 Å². The fraction of sp³-hybridized carbons (Fsp3) is 0.222. The van der Waals surface area contributed by atoms with Gasteiger partial charge in [-0.15, -0.1) is 0 Å². The molecule has 25 heavy (non-hydrogen) atoms. The molecule has 0 saturated carbocycles. The number of benzene rings is 1. The number of amides is 1. The first kappa shape index (κ1) is 16.6. The molecule has 0 fully saturated rings. The first-order valence-corrected chi connectivity index (χ1v) is 7.84. The Kier molecular flexibility index (Phi) is 4.47. The monoisotopic (exact) mass is 337 g/mol. The number of hydrogen-bond acceptors (Lipinski definition) is 6. The number of anilines is 3. The maximum Gasteiger partial charge on any atom is 0.258 e. The molecule has 0 radical (unpaired) electrons. The Hall–Kier alpha value is -3.22. The minimum Gasteiger partial charge on any atom is -0.360 e. The summed E-state index contributed by atoms with van der Waals surface area (Å²) in [6.07, 6.45) is 2.94. The summed E-state index contributed by atoms with van der Waals surface area (Å²) in [5.41, 5.74) is 4.39. The molecule has 0 saturated heterocycles. The van der Waals surface area contributed by atoms with Gasteiger partial charge in [0.25, 0.3) is 5.91 Å². The van der Waals surface area contributed by atoms with Crippen molar-refractivity contribution in [2.75, 3.05) is 10.6 Å². The number of nitrogens with zero attached hydrogens (tertiary/aromatic N) is 3. The zero-order valence-corrected chi connectivity index (χ0v) is 14.5. The second-order valence-corrected chi connectivity index (χ2v) is 5.97. The van der Waals surface area contributed by atoms with E-state index in [-0.39, 0.29) is 5.91 Å². The Morgan fingerprint density at radius 2 is 1.64 bits per heavy atom. The van der Waals surface area contributed by atoms with Gasteiger partial charge in [-0.2, -0.15) is 0 Å². The molecule has 2 aromatic heterocycles. The number of aryl methyl sites for hydroxylation is 4. The molecule has 0 aliphatic carbocycles. The molecule has 1 amide bonds. The van der Waals surface area contributed by atoms with E-state index in [2.05, 4.69) is 25.8 Å². The highest BCUT2D eigenvalue weighted by Gasteiger charge is 2.12. The van der Waals surface area contributed by atoms with Gasteiger partial charge in [-0.3, -0.25) is 4.79 Å². The summed E-state index contributed by atoms with van der Waals surface area (Å²) in [6.45, 7) is 7.77. The summed E-state index contributed by atoms with van der Waals surface area (Å²) in [6, 6.07) is 5.80. The van der Waals surface area contributed by atoms with Gasteiger partial charge >= 0.3 is 0 Å². The predicted molar refractivity (Wildman–Crippen MR) is 95.2 cm³/mol. The lowest BCUT2D eigenvalue weighted by atomic mass is 10.0. The fourth-order valence-electron chi connectivity index (χ4n) is 2.61. The van der Waals surface area contributed by atoms with E-state index in [9.17, 15) is 4.79 Å². The molecule has 3 rings (SSSR count). The minimum atomic E-state index is -0.251. The molecule has 7 nitrogen and oxygen atoms in total. The van der Waals surface area contributed by atoms with Crippen LogP contribution in [0.1, 0.15) is 32.8 Å². The second kappa shape index (κ2) is 6.72. The van der Waals surface area contributed by atoms with Gasteiger partial charge < -0.3 is 15.2 Å². The van der Waals surface area contributed by atoms with Crippen LogP contribution in [-0.4, -0.2) is 21.0 Å². The van der Waals surface area contributed by atoms with Crippen molar-refractivity contribution in [1.82, 2.24) is 15.1 Å². The summed E-state index contributed by atoms with van der Waals surface area (Å²) >= 11 is 0. The van der Waals surface area contributed by atoms with Crippen LogP contribution in [-0.2, 0) is 0 Å². The highest BCUT2D eigenvalue weighted by molar-refractivity contribution is 6.04. The van der Waals surface area contributed by atoms with Crippen LogP contribution in [0.3, 0.4) is 0 Å². The van der Waals surface area contributed by atoms with E-state index in [1.165, 1.54) is 12.4 Å². The third-order valence-electron chi connectivity index (χ3n) is 3.70. The summed E-state index contributed by atoms with van der Waals surface area (Å²) in [5.74, 6) is 1.29. The van der Waals surface area contributed by atoms with Gasteiger partial charge in [-0.1, -0.05) is 22.9 Å². The maximum atomic E-state index is 12.4. The Morgan fingerprint density at radius 1 is 1.00 bits per heavy atom.